The summed E-state index contributed by atoms with van der Waals surface area (Å²) in [5, 5.41) is 2.87. The minimum Gasteiger partial charge on any atom is -0.355 e. The molecule has 5 heteroatoms. The fourth-order valence-corrected chi connectivity index (χ4v) is 4.15. The Morgan fingerprint density at radius 1 is 1.21 bits per heavy atom. The number of nitrogens with two attached hydrogens (primary N) is 1. The van der Waals surface area contributed by atoms with Crippen LogP contribution in [0.15, 0.2) is 24.3 Å². The summed E-state index contributed by atoms with van der Waals surface area (Å²) in [5.41, 5.74) is 7.72. The third-order valence-corrected chi connectivity index (χ3v) is 5.31. The van der Waals surface area contributed by atoms with Crippen LogP contribution in [0.1, 0.15) is 38.2 Å². The van der Waals surface area contributed by atoms with Gasteiger partial charge >= 0.3 is 0 Å². The number of fused-ring (bicyclic) bond motifs is 1. The highest BCUT2D eigenvalue weighted by Gasteiger charge is 2.41. The quantitative estimate of drug-likeness (QED) is 0.885. The van der Waals surface area contributed by atoms with E-state index in [-0.39, 0.29) is 29.7 Å². The molecule has 0 radical (unpaired) electrons. The summed E-state index contributed by atoms with van der Waals surface area (Å²) < 4.78 is 0. The topological polar surface area (TPSA) is 75.4 Å². The maximum absolute atomic E-state index is 13.3. The fraction of sp³-hybridized carbons (Fsp3) is 0.579. The van der Waals surface area contributed by atoms with Gasteiger partial charge in [0.15, 0.2) is 0 Å². The molecule has 1 fully saturated rings. The number of carbonyl (C=O) groups excluding carboxylic acids is 2. The maximum Gasteiger partial charge on any atom is 0.231 e. The van der Waals surface area contributed by atoms with Crippen LogP contribution in [0.25, 0.3) is 0 Å². The van der Waals surface area contributed by atoms with Gasteiger partial charge in [0.2, 0.25) is 11.8 Å². The first kappa shape index (κ1) is 17.0. The predicted molar refractivity (Wildman–Crippen MR) is 94.6 cm³/mol. The van der Waals surface area contributed by atoms with Crippen LogP contribution in [0, 0.1) is 11.8 Å². The molecule has 2 aliphatic rings. The standard InChI is InChI=1S/C19H27N3O2/c1-13-12-14-6-2-5-9-17(14)22(13)19(24)16-8-4-3-7-15(16)18(23)21-11-10-20/h2,5-6,9,13,15-16H,3-4,7-8,10-12,20H2,1H3,(H,21,23). The van der Waals surface area contributed by atoms with Crippen LogP contribution in [0.4, 0.5) is 5.69 Å². The zero-order valence-corrected chi connectivity index (χ0v) is 14.3. The summed E-state index contributed by atoms with van der Waals surface area (Å²) in [5.74, 6) is -0.346. The highest BCUT2D eigenvalue weighted by molar-refractivity contribution is 6.00. The number of benzene rings is 1. The minimum absolute atomic E-state index is 0.0152. The lowest BCUT2D eigenvalue weighted by Crippen LogP contribution is -2.47. The summed E-state index contributed by atoms with van der Waals surface area (Å²) in [6.07, 6.45) is 4.50. The van der Waals surface area contributed by atoms with Crippen LogP contribution in [-0.2, 0) is 16.0 Å². The van der Waals surface area contributed by atoms with E-state index >= 15 is 0 Å². The zero-order valence-electron chi connectivity index (χ0n) is 14.3. The van der Waals surface area contributed by atoms with Gasteiger partial charge in [0.1, 0.15) is 0 Å². The van der Waals surface area contributed by atoms with Crippen molar-refractivity contribution in [2.24, 2.45) is 17.6 Å². The number of rotatable bonds is 4. The van der Waals surface area contributed by atoms with E-state index in [4.69, 9.17) is 5.73 Å². The third kappa shape index (κ3) is 3.18. The lowest BCUT2D eigenvalue weighted by Gasteiger charge is -2.34. The van der Waals surface area contributed by atoms with Crippen molar-refractivity contribution in [2.45, 2.75) is 45.1 Å². The third-order valence-electron chi connectivity index (χ3n) is 5.31. The molecule has 3 atom stereocenters. The van der Waals surface area contributed by atoms with Gasteiger partial charge in [-0.1, -0.05) is 31.0 Å². The van der Waals surface area contributed by atoms with E-state index in [1.807, 2.05) is 23.1 Å². The van der Waals surface area contributed by atoms with E-state index in [0.29, 0.717) is 13.1 Å². The Kier molecular flexibility index (Phi) is 5.19. The van der Waals surface area contributed by atoms with Crippen LogP contribution >= 0.6 is 0 Å². The second-order valence-electron chi connectivity index (χ2n) is 6.97. The largest absolute Gasteiger partial charge is 0.355 e. The van der Waals surface area contributed by atoms with E-state index in [0.717, 1.165) is 37.8 Å². The van der Waals surface area contributed by atoms with Crippen molar-refractivity contribution >= 4 is 17.5 Å². The van der Waals surface area contributed by atoms with E-state index in [2.05, 4.69) is 18.3 Å². The molecule has 24 heavy (non-hydrogen) atoms. The van der Waals surface area contributed by atoms with Crippen molar-refractivity contribution in [3.05, 3.63) is 29.8 Å². The lowest BCUT2D eigenvalue weighted by molar-refractivity contribution is -0.135. The molecule has 1 heterocycles. The molecule has 0 spiro atoms. The van der Waals surface area contributed by atoms with Crippen LogP contribution in [-0.4, -0.2) is 30.9 Å². The lowest BCUT2D eigenvalue weighted by atomic mass is 9.77. The number of carbonyl (C=O) groups is 2. The molecular formula is C19H27N3O2. The zero-order chi connectivity index (χ0) is 17.1. The molecule has 0 saturated heterocycles. The first-order chi connectivity index (χ1) is 11.6. The Hall–Kier alpha value is -1.88. The molecule has 1 aliphatic heterocycles. The first-order valence-corrected chi connectivity index (χ1v) is 9.02. The van der Waals surface area contributed by atoms with Gasteiger partial charge < -0.3 is 16.0 Å². The number of para-hydroxylation sites is 1. The first-order valence-electron chi connectivity index (χ1n) is 9.02. The second kappa shape index (κ2) is 7.34. The number of hydrogen-bond acceptors (Lipinski definition) is 3. The predicted octanol–water partition coefficient (Wildman–Crippen LogP) is 1.85. The summed E-state index contributed by atoms with van der Waals surface area (Å²) >= 11 is 0. The van der Waals surface area contributed by atoms with E-state index in [1.54, 1.807) is 0 Å². The Labute approximate surface area is 143 Å². The number of nitrogens with one attached hydrogen (secondary N) is 1. The average molecular weight is 329 g/mol. The fourth-order valence-electron chi connectivity index (χ4n) is 4.15. The summed E-state index contributed by atoms with van der Waals surface area (Å²) in [7, 11) is 0. The Balaban J connectivity index is 1.80. The van der Waals surface area contributed by atoms with Crippen molar-refractivity contribution in [1.29, 1.82) is 0 Å². The average Bonchev–Trinajstić information content (AvgIpc) is 2.94. The summed E-state index contributed by atoms with van der Waals surface area (Å²) in [6.45, 7) is 2.98. The monoisotopic (exact) mass is 329 g/mol. The second-order valence-corrected chi connectivity index (χ2v) is 6.97. The number of hydrogen-bond donors (Lipinski definition) is 2. The molecule has 0 bridgehead atoms. The van der Waals surface area contributed by atoms with Crippen molar-refractivity contribution in [3.8, 4) is 0 Å². The highest BCUT2D eigenvalue weighted by atomic mass is 16.2. The molecule has 1 aromatic carbocycles. The molecule has 2 amide bonds. The summed E-state index contributed by atoms with van der Waals surface area (Å²) in [4.78, 5) is 27.7. The molecule has 130 valence electrons. The van der Waals surface area contributed by atoms with Gasteiger partial charge in [0.25, 0.3) is 0 Å². The normalized spacial score (nSPS) is 26.1. The van der Waals surface area contributed by atoms with Gasteiger partial charge in [-0.15, -0.1) is 0 Å². The van der Waals surface area contributed by atoms with Crippen molar-refractivity contribution in [2.75, 3.05) is 18.0 Å². The van der Waals surface area contributed by atoms with Gasteiger partial charge in [0, 0.05) is 30.7 Å². The molecule has 5 nitrogen and oxygen atoms in total. The molecule has 1 saturated carbocycles. The molecule has 1 aromatic rings. The number of nitrogens with zero attached hydrogens (tertiary/aromatic N) is 1. The smallest absolute Gasteiger partial charge is 0.231 e. The van der Waals surface area contributed by atoms with Crippen molar-refractivity contribution in [3.63, 3.8) is 0 Å². The van der Waals surface area contributed by atoms with Gasteiger partial charge in [-0.2, -0.15) is 0 Å². The number of anilines is 1. The molecule has 1 aliphatic carbocycles. The van der Waals surface area contributed by atoms with E-state index < -0.39 is 0 Å². The van der Waals surface area contributed by atoms with E-state index in [1.165, 1.54) is 5.56 Å². The summed E-state index contributed by atoms with van der Waals surface area (Å²) in [6, 6.07) is 8.26. The van der Waals surface area contributed by atoms with Crippen LogP contribution < -0.4 is 16.0 Å². The van der Waals surface area contributed by atoms with Crippen LogP contribution in [0.2, 0.25) is 0 Å². The van der Waals surface area contributed by atoms with Crippen molar-refractivity contribution in [1.82, 2.24) is 5.32 Å². The van der Waals surface area contributed by atoms with Gasteiger partial charge in [-0.3, -0.25) is 9.59 Å². The van der Waals surface area contributed by atoms with Crippen molar-refractivity contribution < 1.29 is 9.59 Å². The van der Waals surface area contributed by atoms with Gasteiger partial charge in [-0.05, 0) is 37.8 Å². The Morgan fingerprint density at radius 3 is 2.67 bits per heavy atom. The SMILES string of the molecule is CC1Cc2ccccc2N1C(=O)C1CCCCC1C(=O)NCCN. The minimum atomic E-state index is -0.224. The molecule has 3 rings (SSSR count). The Morgan fingerprint density at radius 2 is 1.92 bits per heavy atom. The number of amides is 2. The van der Waals surface area contributed by atoms with E-state index in [9.17, 15) is 9.59 Å². The van der Waals surface area contributed by atoms with Crippen LogP contribution in [0.5, 0.6) is 0 Å². The van der Waals surface area contributed by atoms with Gasteiger partial charge in [-0.25, -0.2) is 0 Å². The highest BCUT2D eigenvalue weighted by Crippen LogP contribution is 2.37. The maximum atomic E-state index is 13.3. The van der Waals surface area contributed by atoms with Gasteiger partial charge in [0.05, 0.1) is 5.92 Å². The molecule has 3 unspecified atom stereocenters. The Bertz CT molecular complexity index is 616. The van der Waals surface area contributed by atoms with Crippen LogP contribution in [0.3, 0.4) is 0 Å². The molecule has 3 N–H and O–H groups in total. The molecular weight excluding hydrogens is 302 g/mol. The molecule has 0 aromatic heterocycles.